The van der Waals surface area contributed by atoms with E-state index in [2.05, 4.69) is 0 Å². The SMILES string of the molecule is CC/C=C/[C@H](O)c1ccccc1. The first-order valence-electron chi connectivity index (χ1n) is 4.24. The van der Waals surface area contributed by atoms with Crippen LogP contribution in [0.25, 0.3) is 0 Å². The third-order valence-electron chi connectivity index (χ3n) is 1.70. The molecular formula is C11H14O. The van der Waals surface area contributed by atoms with E-state index in [9.17, 15) is 5.11 Å². The van der Waals surface area contributed by atoms with Gasteiger partial charge in [-0.3, -0.25) is 0 Å². The number of allylic oxidation sites excluding steroid dienone is 1. The Labute approximate surface area is 73.4 Å². The van der Waals surface area contributed by atoms with Gasteiger partial charge in [0.2, 0.25) is 0 Å². The molecule has 0 heterocycles. The van der Waals surface area contributed by atoms with Gasteiger partial charge in [-0.15, -0.1) is 0 Å². The van der Waals surface area contributed by atoms with Crippen LogP contribution in [0.4, 0.5) is 0 Å². The van der Waals surface area contributed by atoms with Crippen molar-refractivity contribution in [1.82, 2.24) is 0 Å². The number of hydrogen-bond acceptors (Lipinski definition) is 1. The normalized spacial score (nSPS) is 13.5. The molecule has 1 rings (SSSR count). The van der Waals surface area contributed by atoms with Gasteiger partial charge in [0.05, 0.1) is 6.10 Å². The molecule has 0 spiro atoms. The lowest BCUT2D eigenvalue weighted by Crippen LogP contribution is -1.91. The lowest BCUT2D eigenvalue weighted by Gasteiger charge is -2.04. The van der Waals surface area contributed by atoms with Crippen LogP contribution >= 0.6 is 0 Å². The Morgan fingerprint density at radius 2 is 2.00 bits per heavy atom. The first-order valence-corrected chi connectivity index (χ1v) is 4.24. The van der Waals surface area contributed by atoms with E-state index in [1.165, 1.54) is 0 Å². The highest BCUT2D eigenvalue weighted by atomic mass is 16.3. The maximum absolute atomic E-state index is 9.56. The Bertz CT molecular complexity index is 238. The summed E-state index contributed by atoms with van der Waals surface area (Å²) in [5.74, 6) is 0. The molecule has 64 valence electrons. The zero-order chi connectivity index (χ0) is 8.81. The fourth-order valence-corrected chi connectivity index (χ4v) is 1.03. The van der Waals surface area contributed by atoms with E-state index in [1.54, 1.807) is 0 Å². The first kappa shape index (κ1) is 9.01. The van der Waals surface area contributed by atoms with Crippen LogP contribution in [0.5, 0.6) is 0 Å². The average Bonchev–Trinajstić information content (AvgIpc) is 2.15. The van der Waals surface area contributed by atoms with Crippen LogP contribution in [-0.2, 0) is 0 Å². The van der Waals surface area contributed by atoms with Gasteiger partial charge in [0.1, 0.15) is 0 Å². The van der Waals surface area contributed by atoms with E-state index in [1.807, 2.05) is 49.4 Å². The van der Waals surface area contributed by atoms with E-state index < -0.39 is 6.10 Å². The summed E-state index contributed by atoms with van der Waals surface area (Å²) >= 11 is 0. The van der Waals surface area contributed by atoms with E-state index in [-0.39, 0.29) is 0 Å². The van der Waals surface area contributed by atoms with Crippen LogP contribution in [-0.4, -0.2) is 5.11 Å². The highest BCUT2D eigenvalue weighted by Gasteiger charge is 1.99. The number of aliphatic hydroxyl groups excluding tert-OH is 1. The van der Waals surface area contributed by atoms with Gasteiger partial charge >= 0.3 is 0 Å². The van der Waals surface area contributed by atoms with E-state index in [0.717, 1.165) is 12.0 Å². The Kier molecular flexibility index (Phi) is 3.55. The summed E-state index contributed by atoms with van der Waals surface area (Å²) < 4.78 is 0. The van der Waals surface area contributed by atoms with Crippen LogP contribution in [0.1, 0.15) is 25.0 Å². The van der Waals surface area contributed by atoms with Gasteiger partial charge in [0.15, 0.2) is 0 Å². The van der Waals surface area contributed by atoms with Crippen molar-refractivity contribution in [2.75, 3.05) is 0 Å². The Hall–Kier alpha value is -1.08. The van der Waals surface area contributed by atoms with Crippen LogP contribution in [0.15, 0.2) is 42.5 Å². The summed E-state index contributed by atoms with van der Waals surface area (Å²) in [5.41, 5.74) is 0.946. The van der Waals surface area contributed by atoms with Crippen molar-refractivity contribution < 1.29 is 5.11 Å². The van der Waals surface area contributed by atoms with E-state index in [0.29, 0.717) is 0 Å². The molecule has 0 aliphatic rings. The fraction of sp³-hybridized carbons (Fsp3) is 0.273. The summed E-state index contributed by atoms with van der Waals surface area (Å²) in [6, 6.07) is 9.64. The molecule has 0 unspecified atom stereocenters. The first-order chi connectivity index (χ1) is 5.84. The minimum absolute atomic E-state index is 0.453. The molecule has 0 amide bonds. The second kappa shape index (κ2) is 4.73. The summed E-state index contributed by atoms with van der Waals surface area (Å²) in [7, 11) is 0. The zero-order valence-electron chi connectivity index (χ0n) is 7.27. The fourth-order valence-electron chi connectivity index (χ4n) is 1.03. The molecule has 1 atom stereocenters. The van der Waals surface area contributed by atoms with Crippen molar-refractivity contribution in [3.8, 4) is 0 Å². The smallest absolute Gasteiger partial charge is 0.0971 e. The highest BCUT2D eigenvalue weighted by Crippen LogP contribution is 2.12. The number of aliphatic hydroxyl groups is 1. The van der Waals surface area contributed by atoms with Gasteiger partial charge < -0.3 is 5.11 Å². The molecule has 0 fully saturated rings. The van der Waals surface area contributed by atoms with Gasteiger partial charge in [0.25, 0.3) is 0 Å². The maximum Gasteiger partial charge on any atom is 0.0971 e. The van der Waals surface area contributed by atoms with Gasteiger partial charge in [-0.1, -0.05) is 49.4 Å². The van der Waals surface area contributed by atoms with Crippen molar-refractivity contribution in [2.45, 2.75) is 19.4 Å². The van der Waals surface area contributed by atoms with Crippen LogP contribution in [0.2, 0.25) is 0 Å². The van der Waals surface area contributed by atoms with Crippen molar-refractivity contribution >= 4 is 0 Å². The number of hydrogen-bond donors (Lipinski definition) is 1. The predicted molar refractivity (Wildman–Crippen MR) is 50.8 cm³/mol. The molecule has 1 nitrogen and oxygen atoms in total. The van der Waals surface area contributed by atoms with Crippen LogP contribution < -0.4 is 0 Å². The Balaban J connectivity index is 2.65. The minimum Gasteiger partial charge on any atom is -0.384 e. The molecule has 1 N–H and O–H groups in total. The Morgan fingerprint density at radius 3 is 2.58 bits per heavy atom. The molecule has 1 aromatic carbocycles. The van der Waals surface area contributed by atoms with Crippen molar-refractivity contribution in [1.29, 1.82) is 0 Å². The monoisotopic (exact) mass is 162 g/mol. The molecule has 0 aromatic heterocycles. The molecule has 1 heteroatoms. The average molecular weight is 162 g/mol. The lowest BCUT2D eigenvalue weighted by molar-refractivity contribution is 0.228. The maximum atomic E-state index is 9.56. The summed E-state index contributed by atoms with van der Waals surface area (Å²) in [6.45, 7) is 2.05. The quantitative estimate of drug-likeness (QED) is 0.677. The van der Waals surface area contributed by atoms with Crippen molar-refractivity contribution in [2.24, 2.45) is 0 Å². The third-order valence-corrected chi connectivity index (χ3v) is 1.70. The van der Waals surface area contributed by atoms with Crippen molar-refractivity contribution in [3.63, 3.8) is 0 Å². The predicted octanol–water partition coefficient (Wildman–Crippen LogP) is 2.69. The van der Waals surface area contributed by atoms with Gasteiger partial charge in [-0.25, -0.2) is 0 Å². The number of rotatable bonds is 3. The van der Waals surface area contributed by atoms with Crippen LogP contribution in [0.3, 0.4) is 0 Å². The molecule has 1 aromatic rings. The molecule has 0 radical (unpaired) electrons. The second-order valence-electron chi connectivity index (χ2n) is 2.69. The van der Waals surface area contributed by atoms with E-state index >= 15 is 0 Å². The highest BCUT2D eigenvalue weighted by molar-refractivity contribution is 5.20. The topological polar surface area (TPSA) is 20.2 Å². The third kappa shape index (κ3) is 2.51. The lowest BCUT2D eigenvalue weighted by atomic mass is 10.1. The summed E-state index contributed by atoms with van der Waals surface area (Å²) in [6.07, 6.45) is 4.29. The van der Waals surface area contributed by atoms with E-state index in [4.69, 9.17) is 0 Å². The zero-order valence-corrected chi connectivity index (χ0v) is 7.27. The molecule has 0 saturated carbocycles. The minimum atomic E-state index is -0.453. The molecule has 0 aliphatic heterocycles. The van der Waals surface area contributed by atoms with Gasteiger partial charge in [-0.05, 0) is 12.0 Å². The Morgan fingerprint density at radius 1 is 1.33 bits per heavy atom. The van der Waals surface area contributed by atoms with Gasteiger partial charge in [-0.2, -0.15) is 0 Å². The molecule has 0 bridgehead atoms. The summed E-state index contributed by atoms with van der Waals surface area (Å²) in [4.78, 5) is 0. The second-order valence-corrected chi connectivity index (χ2v) is 2.69. The summed E-state index contributed by atoms with van der Waals surface area (Å²) in [5, 5.41) is 9.56. The molecule has 12 heavy (non-hydrogen) atoms. The molecule has 0 saturated heterocycles. The molecular weight excluding hydrogens is 148 g/mol. The van der Waals surface area contributed by atoms with Gasteiger partial charge in [0, 0.05) is 0 Å². The van der Waals surface area contributed by atoms with Crippen molar-refractivity contribution in [3.05, 3.63) is 48.0 Å². The van der Waals surface area contributed by atoms with Crippen LogP contribution in [0, 0.1) is 0 Å². The number of benzene rings is 1. The standard InChI is InChI=1S/C11H14O/c1-2-3-9-11(12)10-7-5-4-6-8-10/h3-9,11-12H,2H2,1H3/b9-3+/t11-/m0/s1. The largest absolute Gasteiger partial charge is 0.384 e. The molecule has 0 aliphatic carbocycles.